The molecule has 0 spiro atoms. The van der Waals surface area contributed by atoms with Gasteiger partial charge in [0.1, 0.15) is 11.9 Å². The third kappa shape index (κ3) is 2.78. The van der Waals surface area contributed by atoms with E-state index in [1.165, 1.54) is 0 Å². The van der Waals surface area contributed by atoms with Gasteiger partial charge in [-0.25, -0.2) is 4.98 Å². The van der Waals surface area contributed by atoms with E-state index >= 15 is 0 Å². The zero-order valence-electron chi connectivity index (χ0n) is 10.4. The normalized spacial score (nSPS) is 21.4. The Morgan fingerprint density at radius 1 is 1.72 bits per heavy atom. The van der Waals surface area contributed by atoms with E-state index in [1.807, 2.05) is 0 Å². The molecule has 1 aromatic rings. The number of nitriles is 1. The van der Waals surface area contributed by atoms with E-state index in [1.54, 1.807) is 25.3 Å². The average molecular weight is 247 g/mol. The zero-order valence-corrected chi connectivity index (χ0v) is 10.4. The standard InChI is InChI=1S/C13H17N3O2/c1-10(17)7-12-9-18-6-5-16(12)13-11(8-14)3-2-4-15-13/h2-4,10,12,17H,5-7,9H2,1H3. The van der Waals surface area contributed by atoms with Crippen LogP contribution in [-0.4, -0.2) is 42.0 Å². The fourth-order valence-electron chi connectivity index (χ4n) is 2.24. The molecule has 1 aliphatic rings. The topological polar surface area (TPSA) is 69.4 Å². The van der Waals surface area contributed by atoms with Crippen LogP contribution in [0.3, 0.4) is 0 Å². The summed E-state index contributed by atoms with van der Waals surface area (Å²) < 4.78 is 5.44. The average Bonchev–Trinajstić information content (AvgIpc) is 2.39. The van der Waals surface area contributed by atoms with Gasteiger partial charge in [-0.2, -0.15) is 5.26 Å². The van der Waals surface area contributed by atoms with Crippen LogP contribution in [0.4, 0.5) is 5.82 Å². The van der Waals surface area contributed by atoms with Crippen molar-refractivity contribution in [2.45, 2.75) is 25.5 Å². The van der Waals surface area contributed by atoms with Crippen molar-refractivity contribution >= 4 is 5.82 Å². The Bertz CT molecular complexity index is 442. The highest BCUT2D eigenvalue weighted by atomic mass is 16.5. The minimum absolute atomic E-state index is 0.0701. The first-order valence-electron chi connectivity index (χ1n) is 6.10. The van der Waals surface area contributed by atoms with E-state index in [-0.39, 0.29) is 6.04 Å². The molecular weight excluding hydrogens is 230 g/mol. The number of hydrogen-bond donors (Lipinski definition) is 1. The van der Waals surface area contributed by atoms with Crippen LogP contribution in [0.2, 0.25) is 0 Å². The minimum atomic E-state index is -0.395. The second-order valence-corrected chi connectivity index (χ2v) is 4.49. The first kappa shape index (κ1) is 12.8. The van der Waals surface area contributed by atoms with Crippen LogP contribution in [0.5, 0.6) is 0 Å². The lowest BCUT2D eigenvalue weighted by Crippen LogP contribution is -2.47. The van der Waals surface area contributed by atoms with Gasteiger partial charge in [-0.1, -0.05) is 0 Å². The number of ether oxygens (including phenoxy) is 1. The van der Waals surface area contributed by atoms with Crippen molar-refractivity contribution in [3.63, 3.8) is 0 Å². The summed E-state index contributed by atoms with van der Waals surface area (Å²) in [6, 6.07) is 5.75. The Morgan fingerprint density at radius 3 is 3.28 bits per heavy atom. The molecule has 2 unspecified atom stereocenters. The molecule has 0 bridgehead atoms. The number of hydrogen-bond acceptors (Lipinski definition) is 5. The number of nitrogens with zero attached hydrogens (tertiary/aromatic N) is 3. The summed E-state index contributed by atoms with van der Waals surface area (Å²) in [7, 11) is 0. The molecule has 1 aromatic heterocycles. The Labute approximate surface area is 107 Å². The molecule has 1 saturated heterocycles. The van der Waals surface area contributed by atoms with Crippen molar-refractivity contribution in [1.29, 1.82) is 5.26 Å². The molecule has 1 fully saturated rings. The summed E-state index contributed by atoms with van der Waals surface area (Å²) >= 11 is 0. The van der Waals surface area contributed by atoms with Crippen molar-refractivity contribution in [2.24, 2.45) is 0 Å². The molecule has 1 N–H and O–H groups in total. The van der Waals surface area contributed by atoms with Gasteiger partial charge in [-0.05, 0) is 25.5 Å². The maximum absolute atomic E-state index is 9.53. The number of anilines is 1. The van der Waals surface area contributed by atoms with Gasteiger partial charge in [0.15, 0.2) is 0 Å². The van der Waals surface area contributed by atoms with Gasteiger partial charge in [0, 0.05) is 12.7 Å². The Balaban J connectivity index is 2.25. The maximum Gasteiger partial charge on any atom is 0.146 e. The van der Waals surface area contributed by atoms with E-state index in [9.17, 15) is 5.11 Å². The molecule has 1 aliphatic heterocycles. The number of pyridine rings is 1. The van der Waals surface area contributed by atoms with Gasteiger partial charge in [0.05, 0.1) is 30.9 Å². The highest BCUT2D eigenvalue weighted by molar-refractivity contribution is 5.54. The number of rotatable bonds is 3. The smallest absolute Gasteiger partial charge is 0.146 e. The van der Waals surface area contributed by atoms with Crippen molar-refractivity contribution < 1.29 is 9.84 Å². The molecule has 18 heavy (non-hydrogen) atoms. The molecule has 5 heteroatoms. The fourth-order valence-corrected chi connectivity index (χ4v) is 2.24. The van der Waals surface area contributed by atoms with Crippen molar-refractivity contribution in [1.82, 2.24) is 4.98 Å². The highest BCUT2D eigenvalue weighted by Crippen LogP contribution is 2.23. The quantitative estimate of drug-likeness (QED) is 0.860. The lowest BCUT2D eigenvalue weighted by atomic mass is 10.1. The predicted molar refractivity (Wildman–Crippen MR) is 67.2 cm³/mol. The summed E-state index contributed by atoms with van der Waals surface area (Å²) in [4.78, 5) is 6.36. The number of aliphatic hydroxyl groups excluding tert-OH is 1. The second kappa shape index (κ2) is 5.80. The molecule has 2 heterocycles. The van der Waals surface area contributed by atoms with Crippen LogP contribution in [0, 0.1) is 11.3 Å². The van der Waals surface area contributed by atoms with E-state index < -0.39 is 6.10 Å². The number of morpholine rings is 1. The lowest BCUT2D eigenvalue weighted by Gasteiger charge is -2.37. The van der Waals surface area contributed by atoms with Gasteiger partial charge >= 0.3 is 0 Å². The third-order valence-corrected chi connectivity index (χ3v) is 3.02. The van der Waals surface area contributed by atoms with Crippen LogP contribution in [-0.2, 0) is 4.74 Å². The molecule has 0 saturated carbocycles. The van der Waals surface area contributed by atoms with E-state index in [2.05, 4.69) is 16.0 Å². The van der Waals surface area contributed by atoms with Crippen molar-refractivity contribution in [3.05, 3.63) is 23.9 Å². The van der Waals surface area contributed by atoms with E-state index in [0.29, 0.717) is 37.6 Å². The fraction of sp³-hybridized carbons (Fsp3) is 0.538. The first-order valence-corrected chi connectivity index (χ1v) is 6.10. The summed E-state index contributed by atoms with van der Waals surface area (Å²) in [5.41, 5.74) is 0.565. The Morgan fingerprint density at radius 2 is 2.56 bits per heavy atom. The van der Waals surface area contributed by atoms with Gasteiger partial charge in [-0.3, -0.25) is 0 Å². The molecule has 2 atom stereocenters. The van der Waals surface area contributed by atoms with E-state index in [0.717, 1.165) is 0 Å². The van der Waals surface area contributed by atoms with Gasteiger partial charge in [0.25, 0.3) is 0 Å². The summed E-state index contributed by atoms with van der Waals surface area (Å²) in [5, 5.41) is 18.6. The van der Waals surface area contributed by atoms with Gasteiger partial charge in [-0.15, -0.1) is 0 Å². The van der Waals surface area contributed by atoms with Gasteiger partial charge in [0.2, 0.25) is 0 Å². The van der Waals surface area contributed by atoms with Crippen LogP contribution < -0.4 is 4.90 Å². The Hall–Kier alpha value is -1.64. The molecule has 5 nitrogen and oxygen atoms in total. The number of aliphatic hydroxyl groups is 1. The summed E-state index contributed by atoms with van der Waals surface area (Å²) in [6.07, 6.45) is 1.90. The van der Waals surface area contributed by atoms with Crippen LogP contribution >= 0.6 is 0 Å². The number of aromatic nitrogens is 1. The molecule has 0 aromatic carbocycles. The summed E-state index contributed by atoms with van der Waals surface area (Å²) in [6.45, 7) is 3.64. The molecule has 0 aliphatic carbocycles. The molecular formula is C13H17N3O2. The molecule has 96 valence electrons. The maximum atomic E-state index is 9.53. The minimum Gasteiger partial charge on any atom is -0.393 e. The molecule has 0 radical (unpaired) electrons. The largest absolute Gasteiger partial charge is 0.393 e. The van der Waals surface area contributed by atoms with Crippen molar-refractivity contribution in [2.75, 3.05) is 24.7 Å². The highest BCUT2D eigenvalue weighted by Gasteiger charge is 2.26. The molecule has 2 rings (SSSR count). The Kier molecular flexibility index (Phi) is 4.13. The second-order valence-electron chi connectivity index (χ2n) is 4.49. The van der Waals surface area contributed by atoms with Gasteiger partial charge < -0.3 is 14.7 Å². The third-order valence-electron chi connectivity index (χ3n) is 3.02. The van der Waals surface area contributed by atoms with Crippen LogP contribution in [0.25, 0.3) is 0 Å². The SMILES string of the molecule is CC(O)CC1COCCN1c1ncccc1C#N. The summed E-state index contributed by atoms with van der Waals surface area (Å²) in [5.74, 6) is 0.689. The monoisotopic (exact) mass is 247 g/mol. The lowest BCUT2D eigenvalue weighted by molar-refractivity contribution is 0.0718. The molecule has 0 amide bonds. The van der Waals surface area contributed by atoms with Crippen molar-refractivity contribution in [3.8, 4) is 6.07 Å². The zero-order chi connectivity index (χ0) is 13.0. The first-order chi connectivity index (χ1) is 8.72. The van der Waals surface area contributed by atoms with E-state index in [4.69, 9.17) is 10.00 Å². The van der Waals surface area contributed by atoms with Crippen LogP contribution in [0.1, 0.15) is 18.9 Å². The van der Waals surface area contributed by atoms with Crippen LogP contribution in [0.15, 0.2) is 18.3 Å². The predicted octanol–water partition coefficient (Wildman–Crippen LogP) is 0.929.